The molecule has 0 radical (unpaired) electrons. The van der Waals surface area contributed by atoms with E-state index >= 15 is 0 Å². The number of amides is 1. The van der Waals surface area contributed by atoms with E-state index in [9.17, 15) is 4.79 Å². The van der Waals surface area contributed by atoms with Gasteiger partial charge in [0.1, 0.15) is 0 Å². The fraction of sp³-hybridized carbons (Fsp3) is 0.533. The molecule has 1 saturated carbocycles. The van der Waals surface area contributed by atoms with Crippen LogP contribution in [0.4, 0.5) is 0 Å². The van der Waals surface area contributed by atoms with Crippen molar-refractivity contribution in [2.75, 3.05) is 7.05 Å². The Balaban J connectivity index is 2.03. The zero-order valence-corrected chi connectivity index (χ0v) is 12.7. The largest absolute Gasteiger partial charge is 0.341 e. The summed E-state index contributed by atoms with van der Waals surface area (Å²) in [5.74, 6) is 0.292. The van der Waals surface area contributed by atoms with Gasteiger partial charge in [0.2, 0.25) is 5.91 Å². The lowest BCUT2D eigenvalue weighted by Crippen LogP contribution is -2.38. The van der Waals surface area contributed by atoms with Crippen LogP contribution in [0.2, 0.25) is 0 Å². The van der Waals surface area contributed by atoms with Crippen molar-refractivity contribution >= 4 is 21.8 Å². The second-order valence-electron chi connectivity index (χ2n) is 5.56. The molecule has 18 heavy (non-hydrogen) atoms. The van der Waals surface area contributed by atoms with E-state index in [4.69, 9.17) is 0 Å². The predicted molar refractivity (Wildman–Crippen MR) is 77.2 cm³/mol. The van der Waals surface area contributed by atoms with E-state index in [2.05, 4.69) is 35.0 Å². The summed E-state index contributed by atoms with van der Waals surface area (Å²) in [6.07, 6.45) is 4.45. The molecule has 0 N–H and O–H groups in total. The van der Waals surface area contributed by atoms with Crippen molar-refractivity contribution in [3.8, 4) is 0 Å². The third-order valence-electron chi connectivity index (χ3n) is 3.88. The van der Waals surface area contributed by atoms with Crippen LogP contribution in [-0.4, -0.2) is 17.9 Å². The summed E-state index contributed by atoms with van der Waals surface area (Å²) in [4.78, 5) is 14.3. The number of hydrogen-bond acceptors (Lipinski definition) is 1. The molecule has 1 aliphatic carbocycles. The van der Waals surface area contributed by atoms with E-state index in [1.54, 1.807) is 0 Å². The van der Waals surface area contributed by atoms with Crippen LogP contribution in [0.3, 0.4) is 0 Å². The lowest BCUT2D eigenvalue weighted by molar-refractivity contribution is -0.140. The molecule has 0 bridgehead atoms. The van der Waals surface area contributed by atoms with Gasteiger partial charge in [-0.1, -0.05) is 47.8 Å². The molecule has 1 aromatic carbocycles. The van der Waals surface area contributed by atoms with Gasteiger partial charge < -0.3 is 4.90 Å². The summed E-state index contributed by atoms with van der Waals surface area (Å²) >= 11 is 3.46. The zero-order valence-electron chi connectivity index (χ0n) is 11.1. The van der Waals surface area contributed by atoms with Crippen molar-refractivity contribution in [2.45, 2.75) is 39.2 Å². The predicted octanol–water partition coefficient (Wildman–Crippen LogP) is 3.99. The quantitative estimate of drug-likeness (QED) is 0.827. The maximum absolute atomic E-state index is 12.5. The second kappa shape index (κ2) is 5.43. The normalized spacial score (nSPS) is 17.7. The van der Waals surface area contributed by atoms with Crippen LogP contribution in [0.25, 0.3) is 0 Å². The minimum atomic E-state index is -0.124. The molecular formula is C15H20BrNO. The second-order valence-corrected chi connectivity index (χ2v) is 6.47. The summed E-state index contributed by atoms with van der Waals surface area (Å²) in [6, 6.07) is 8.14. The number of benzene rings is 1. The van der Waals surface area contributed by atoms with Gasteiger partial charge in [0.25, 0.3) is 0 Å². The lowest BCUT2D eigenvalue weighted by atomic mass is 9.87. The van der Waals surface area contributed by atoms with Gasteiger partial charge in [-0.3, -0.25) is 4.79 Å². The highest BCUT2D eigenvalue weighted by molar-refractivity contribution is 9.10. The summed E-state index contributed by atoms with van der Waals surface area (Å²) in [5.41, 5.74) is 1.04. The Hall–Kier alpha value is -0.830. The number of halogens is 1. The van der Waals surface area contributed by atoms with E-state index in [0.717, 1.165) is 17.3 Å². The van der Waals surface area contributed by atoms with Crippen LogP contribution in [-0.2, 0) is 11.3 Å². The summed E-state index contributed by atoms with van der Waals surface area (Å²) in [5, 5.41) is 0. The highest BCUT2D eigenvalue weighted by Gasteiger charge is 2.37. The summed E-state index contributed by atoms with van der Waals surface area (Å²) in [6.45, 7) is 2.80. The number of carbonyl (C=O) groups is 1. The van der Waals surface area contributed by atoms with Gasteiger partial charge in [-0.05, 0) is 30.5 Å². The molecule has 0 unspecified atom stereocenters. The highest BCUT2D eigenvalue weighted by Crippen LogP contribution is 2.39. The zero-order chi connectivity index (χ0) is 13.2. The summed E-state index contributed by atoms with van der Waals surface area (Å²) in [7, 11) is 1.91. The molecule has 1 aromatic rings. The van der Waals surface area contributed by atoms with Gasteiger partial charge in [-0.2, -0.15) is 0 Å². The fourth-order valence-electron chi connectivity index (χ4n) is 2.81. The molecule has 1 fully saturated rings. The van der Waals surface area contributed by atoms with Crippen LogP contribution in [0.15, 0.2) is 28.7 Å². The molecule has 2 rings (SSSR count). The van der Waals surface area contributed by atoms with Crippen LogP contribution < -0.4 is 0 Å². The number of nitrogens with zero attached hydrogens (tertiary/aromatic N) is 1. The number of rotatable bonds is 3. The van der Waals surface area contributed by atoms with Crippen LogP contribution >= 0.6 is 15.9 Å². The number of carbonyl (C=O) groups excluding carboxylic acids is 1. The van der Waals surface area contributed by atoms with Crippen molar-refractivity contribution in [2.24, 2.45) is 5.41 Å². The average Bonchev–Trinajstić information content (AvgIpc) is 2.76. The first-order valence-electron chi connectivity index (χ1n) is 6.51. The van der Waals surface area contributed by atoms with E-state index in [-0.39, 0.29) is 5.41 Å². The first-order valence-corrected chi connectivity index (χ1v) is 7.31. The van der Waals surface area contributed by atoms with Gasteiger partial charge >= 0.3 is 0 Å². The summed E-state index contributed by atoms with van der Waals surface area (Å²) < 4.78 is 1.06. The molecule has 3 heteroatoms. The van der Waals surface area contributed by atoms with E-state index in [1.807, 2.05) is 24.1 Å². The standard InChI is InChI=1S/C15H20BrNO/c1-15(8-3-4-9-15)14(18)17(2)11-12-6-5-7-13(16)10-12/h5-7,10H,3-4,8-9,11H2,1-2H3. The molecule has 1 amide bonds. The molecule has 0 saturated heterocycles. The third kappa shape index (κ3) is 2.94. The maximum Gasteiger partial charge on any atom is 0.228 e. The molecule has 1 aliphatic rings. The van der Waals surface area contributed by atoms with Crippen molar-refractivity contribution in [3.05, 3.63) is 34.3 Å². The minimum absolute atomic E-state index is 0.124. The molecular weight excluding hydrogens is 290 g/mol. The monoisotopic (exact) mass is 309 g/mol. The van der Waals surface area contributed by atoms with Crippen molar-refractivity contribution in [3.63, 3.8) is 0 Å². The molecule has 98 valence electrons. The average molecular weight is 310 g/mol. The Morgan fingerprint density at radius 1 is 1.39 bits per heavy atom. The van der Waals surface area contributed by atoms with Gasteiger partial charge in [0.05, 0.1) is 0 Å². The van der Waals surface area contributed by atoms with E-state index in [1.165, 1.54) is 18.4 Å². The third-order valence-corrected chi connectivity index (χ3v) is 4.37. The molecule has 2 nitrogen and oxygen atoms in total. The van der Waals surface area contributed by atoms with E-state index in [0.29, 0.717) is 12.5 Å². The molecule has 0 aliphatic heterocycles. The Morgan fingerprint density at radius 3 is 2.67 bits per heavy atom. The molecule has 0 heterocycles. The van der Waals surface area contributed by atoms with Crippen LogP contribution in [0.1, 0.15) is 38.2 Å². The van der Waals surface area contributed by atoms with Gasteiger partial charge in [0, 0.05) is 23.5 Å². The van der Waals surface area contributed by atoms with Crippen molar-refractivity contribution in [1.29, 1.82) is 0 Å². The van der Waals surface area contributed by atoms with Gasteiger partial charge in [0.15, 0.2) is 0 Å². The molecule has 0 atom stereocenters. The SMILES string of the molecule is CN(Cc1cccc(Br)c1)C(=O)C1(C)CCCC1. The van der Waals surface area contributed by atoms with Crippen molar-refractivity contribution < 1.29 is 4.79 Å². The van der Waals surface area contributed by atoms with Gasteiger partial charge in [-0.15, -0.1) is 0 Å². The Bertz CT molecular complexity index is 438. The smallest absolute Gasteiger partial charge is 0.228 e. The Kier molecular flexibility index (Phi) is 4.10. The van der Waals surface area contributed by atoms with Crippen LogP contribution in [0, 0.1) is 5.41 Å². The maximum atomic E-state index is 12.5. The number of hydrogen-bond donors (Lipinski definition) is 0. The van der Waals surface area contributed by atoms with E-state index < -0.39 is 0 Å². The van der Waals surface area contributed by atoms with Crippen LogP contribution in [0.5, 0.6) is 0 Å². The first-order chi connectivity index (χ1) is 8.51. The topological polar surface area (TPSA) is 20.3 Å². The minimum Gasteiger partial charge on any atom is -0.341 e. The Labute approximate surface area is 117 Å². The lowest BCUT2D eigenvalue weighted by Gasteiger charge is -2.29. The highest BCUT2D eigenvalue weighted by atomic mass is 79.9. The Morgan fingerprint density at radius 2 is 2.06 bits per heavy atom. The van der Waals surface area contributed by atoms with Gasteiger partial charge in [-0.25, -0.2) is 0 Å². The fourth-order valence-corrected chi connectivity index (χ4v) is 3.26. The molecule has 0 spiro atoms. The first kappa shape index (κ1) is 13.6. The van der Waals surface area contributed by atoms with Crippen molar-refractivity contribution in [1.82, 2.24) is 4.90 Å². The molecule has 0 aromatic heterocycles.